The van der Waals surface area contributed by atoms with E-state index in [1.165, 1.54) is 6.07 Å². The monoisotopic (exact) mass is 465 g/mol. The highest BCUT2D eigenvalue weighted by Gasteiger charge is 2.26. The third-order valence-electron chi connectivity index (χ3n) is 4.63. The Bertz CT molecular complexity index is 1200. The Labute approximate surface area is 184 Å². The van der Waals surface area contributed by atoms with Gasteiger partial charge in [0.1, 0.15) is 15.9 Å². The standard InChI is InChI=1S/C21H24FN3O4S2/c1-13(2)9-17-11-18(20(30-17)31(27,28)24-21(26)29-4)15-5-6-16(19(22)10-15)12-25-8-7-23-14(25)3/h5-8,10-11,13H,9,12H2,1-4H3,(H,24,26). The second-order valence-corrected chi connectivity index (χ2v) is 10.5. The second-order valence-electron chi connectivity index (χ2n) is 7.52. The van der Waals surface area contributed by atoms with Crippen molar-refractivity contribution in [2.24, 2.45) is 5.92 Å². The molecule has 0 aliphatic rings. The number of imidazole rings is 1. The van der Waals surface area contributed by atoms with Crippen molar-refractivity contribution in [1.82, 2.24) is 14.3 Å². The summed E-state index contributed by atoms with van der Waals surface area (Å²) in [7, 11) is -3.09. The van der Waals surface area contributed by atoms with E-state index in [-0.39, 0.29) is 4.21 Å². The highest BCUT2D eigenvalue weighted by atomic mass is 32.2. The normalized spacial score (nSPS) is 11.7. The quantitative estimate of drug-likeness (QED) is 0.560. The van der Waals surface area contributed by atoms with Crippen LogP contribution in [0.25, 0.3) is 11.1 Å². The molecule has 2 heterocycles. The SMILES string of the molecule is COC(=O)NS(=O)(=O)c1sc(CC(C)C)cc1-c1ccc(Cn2ccnc2C)c(F)c1. The molecule has 3 rings (SSSR count). The number of rotatable bonds is 7. The van der Waals surface area contributed by atoms with E-state index in [9.17, 15) is 17.6 Å². The molecule has 1 amide bonds. The Morgan fingerprint density at radius 1 is 1.32 bits per heavy atom. The minimum atomic E-state index is -4.18. The zero-order valence-electron chi connectivity index (χ0n) is 17.7. The Hall–Kier alpha value is -2.72. The number of thiophene rings is 1. The van der Waals surface area contributed by atoms with Crippen LogP contribution in [0.2, 0.25) is 0 Å². The maximum atomic E-state index is 14.9. The van der Waals surface area contributed by atoms with Crippen molar-refractivity contribution in [1.29, 1.82) is 0 Å². The van der Waals surface area contributed by atoms with E-state index >= 15 is 0 Å². The number of carbonyl (C=O) groups excluding carboxylic acids is 1. The Morgan fingerprint density at radius 2 is 2.06 bits per heavy atom. The van der Waals surface area contributed by atoms with Crippen molar-refractivity contribution >= 4 is 27.5 Å². The lowest BCUT2D eigenvalue weighted by atomic mass is 10.0. The molecule has 0 bridgehead atoms. The smallest absolute Gasteiger partial charge is 0.420 e. The zero-order valence-corrected chi connectivity index (χ0v) is 19.3. The molecule has 0 spiro atoms. The van der Waals surface area contributed by atoms with Gasteiger partial charge in [0.2, 0.25) is 0 Å². The van der Waals surface area contributed by atoms with E-state index in [1.807, 2.05) is 30.1 Å². The minimum Gasteiger partial charge on any atom is -0.452 e. The molecule has 7 nitrogen and oxygen atoms in total. The molecule has 0 fully saturated rings. The number of nitrogens with one attached hydrogen (secondary N) is 1. The van der Waals surface area contributed by atoms with Gasteiger partial charge in [0.05, 0.1) is 13.7 Å². The third kappa shape index (κ3) is 5.31. The maximum Gasteiger partial charge on any atom is 0.420 e. The van der Waals surface area contributed by atoms with Gasteiger partial charge in [0.15, 0.2) is 0 Å². The summed E-state index contributed by atoms with van der Waals surface area (Å²) < 4.78 is 48.6. The van der Waals surface area contributed by atoms with Gasteiger partial charge in [0, 0.05) is 28.4 Å². The number of aromatic nitrogens is 2. The lowest BCUT2D eigenvalue weighted by Crippen LogP contribution is -2.30. The highest BCUT2D eigenvalue weighted by Crippen LogP contribution is 2.37. The number of amides is 1. The predicted molar refractivity (Wildman–Crippen MR) is 117 cm³/mol. The van der Waals surface area contributed by atoms with Crippen molar-refractivity contribution in [2.45, 2.75) is 37.9 Å². The van der Waals surface area contributed by atoms with Crippen LogP contribution in [-0.2, 0) is 27.7 Å². The predicted octanol–water partition coefficient (Wildman–Crippen LogP) is 4.35. The largest absolute Gasteiger partial charge is 0.452 e. The van der Waals surface area contributed by atoms with Gasteiger partial charge in [-0.1, -0.05) is 26.0 Å². The number of sulfonamides is 1. The van der Waals surface area contributed by atoms with Crippen LogP contribution in [0.3, 0.4) is 0 Å². The fourth-order valence-electron chi connectivity index (χ4n) is 3.12. The number of nitrogens with zero attached hydrogens (tertiary/aromatic N) is 2. The molecule has 0 atom stereocenters. The van der Waals surface area contributed by atoms with Crippen LogP contribution >= 0.6 is 11.3 Å². The number of methoxy groups -OCH3 is 1. The van der Waals surface area contributed by atoms with Crippen LogP contribution < -0.4 is 4.72 Å². The van der Waals surface area contributed by atoms with Crippen LogP contribution in [0, 0.1) is 18.7 Å². The van der Waals surface area contributed by atoms with E-state index < -0.39 is 21.9 Å². The molecule has 0 aliphatic carbocycles. The molecule has 0 aliphatic heterocycles. The Morgan fingerprint density at radius 3 is 2.65 bits per heavy atom. The van der Waals surface area contributed by atoms with E-state index in [2.05, 4.69) is 9.72 Å². The molecular weight excluding hydrogens is 441 g/mol. The van der Waals surface area contributed by atoms with Crippen molar-refractivity contribution < 1.29 is 22.3 Å². The average molecular weight is 466 g/mol. The summed E-state index contributed by atoms with van der Waals surface area (Å²) >= 11 is 1.06. The van der Waals surface area contributed by atoms with Gasteiger partial charge in [-0.2, -0.15) is 0 Å². The topological polar surface area (TPSA) is 90.3 Å². The Balaban J connectivity index is 2.02. The average Bonchev–Trinajstić information content (AvgIpc) is 3.29. The van der Waals surface area contributed by atoms with Crippen LogP contribution in [-0.4, -0.2) is 31.2 Å². The lowest BCUT2D eigenvalue weighted by Gasteiger charge is -2.10. The fraction of sp³-hybridized carbons (Fsp3) is 0.333. The molecule has 2 aromatic heterocycles. The summed E-state index contributed by atoms with van der Waals surface area (Å²) in [5, 5.41) is 0. The third-order valence-corrected chi connectivity index (χ3v) is 7.64. The lowest BCUT2D eigenvalue weighted by molar-refractivity contribution is 0.177. The number of hydrogen-bond donors (Lipinski definition) is 1. The number of hydrogen-bond acceptors (Lipinski definition) is 6. The van der Waals surface area contributed by atoms with Gasteiger partial charge < -0.3 is 9.30 Å². The fourth-order valence-corrected chi connectivity index (χ4v) is 5.99. The van der Waals surface area contributed by atoms with Gasteiger partial charge in [0.25, 0.3) is 10.0 Å². The summed E-state index contributed by atoms with van der Waals surface area (Å²) in [5.74, 6) is 0.613. The maximum absolute atomic E-state index is 14.9. The first-order valence-corrected chi connectivity index (χ1v) is 11.9. The molecule has 3 aromatic rings. The number of halogens is 1. The number of carbonyl (C=O) groups is 1. The first kappa shape index (κ1) is 23.0. The van der Waals surface area contributed by atoms with Gasteiger partial charge in [-0.15, -0.1) is 11.3 Å². The van der Waals surface area contributed by atoms with Gasteiger partial charge in [-0.3, -0.25) is 0 Å². The molecule has 0 saturated heterocycles. The highest BCUT2D eigenvalue weighted by molar-refractivity contribution is 7.92. The molecule has 31 heavy (non-hydrogen) atoms. The van der Waals surface area contributed by atoms with Crippen molar-refractivity contribution in [3.8, 4) is 11.1 Å². The van der Waals surface area contributed by atoms with Crippen molar-refractivity contribution in [3.63, 3.8) is 0 Å². The van der Waals surface area contributed by atoms with Crippen LogP contribution in [0.1, 0.15) is 30.1 Å². The molecule has 0 radical (unpaired) electrons. The number of ether oxygens (including phenoxy) is 1. The van der Waals surface area contributed by atoms with Gasteiger partial charge >= 0.3 is 6.09 Å². The molecule has 1 N–H and O–H groups in total. The zero-order chi connectivity index (χ0) is 22.8. The molecule has 0 unspecified atom stereocenters. The van der Waals surface area contributed by atoms with Crippen molar-refractivity contribution in [2.75, 3.05) is 7.11 Å². The minimum absolute atomic E-state index is 0.0499. The van der Waals surface area contributed by atoms with Crippen LogP contribution in [0.4, 0.5) is 9.18 Å². The van der Waals surface area contributed by atoms with E-state index in [0.29, 0.717) is 35.6 Å². The van der Waals surface area contributed by atoms with Crippen LogP contribution in [0.15, 0.2) is 40.9 Å². The Kier molecular flexibility index (Phi) is 6.80. The molecule has 166 valence electrons. The molecular formula is C21H24FN3O4S2. The van der Waals surface area contributed by atoms with E-state index in [0.717, 1.165) is 29.1 Å². The first-order valence-electron chi connectivity index (χ1n) is 9.60. The summed E-state index contributed by atoms with van der Waals surface area (Å²) in [4.78, 5) is 16.5. The summed E-state index contributed by atoms with van der Waals surface area (Å²) in [6, 6.07) is 6.38. The molecule has 0 saturated carbocycles. The molecule has 10 heteroatoms. The van der Waals surface area contributed by atoms with Gasteiger partial charge in [-0.05, 0) is 37.0 Å². The van der Waals surface area contributed by atoms with E-state index in [1.54, 1.807) is 30.6 Å². The van der Waals surface area contributed by atoms with Crippen LogP contribution in [0.5, 0.6) is 0 Å². The van der Waals surface area contributed by atoms with Crippen molar-refractivity contribution in [3.05, 3.63) is 58.7 Å². The number of aryl methyl sites for hydroxylation is 1. The summed E-state index contributed by atoms with van der Waals surface area (Å²) in [5.41, 5.74) is 1.22. The van der Waals surface area contributed by atoms with Gasteiger partial charge in [-0.25, -0.2) is 27.3 Å². The second kappa shape index (κ2) is 9.19. The number of benzene rings is 1. The summed E-state index contributed by atoms with van der Waals surface area (Å²) in [6.07, 6.45) is 2.99. The summed E-state index contributed by atoms with van der Waals surface area (Å²) in [6.45, 7) is 6.19. The first-order chi connectivity index (χ1) is 14.6. The molecule has 1 aromatic carbocycles. The van der Waals surface area contributed by atoms with E-state index in [4.69, 9.17) is 0 Å².